The largest absolute Gasteiger partial charge is 0.379 e. The number of thioether (sulfide) groups is 1. The SMILES string of the molecule is CCCNC1C(SC2COC2)CCC1(C)C. The van der Waals surface area contributed by atoms with Crippen molar-refractivity contribution in [1.29, 1.82) is 0 Å². The van der Waals surface area contributed by atoms with Crippen LogP contribution in [0.1, 0.15) is 40.0 Å². The third-order valence-corrected chi connectivity index (χ3v) is 5.39. The molecule has 3 heteroatoms. The molecular weight excluding hydrogens is 218 g/mol. The van der Waals surface area contributed by atoms with E-state index in [2.05, 4.69) is 37.8 Å². The first kappa shape index (κ1) is 12.7. The maximum atomic E-state index is 5.27. The van der Waals surface area contributed by atoms with Crippen LogP contribution in [0.25, 0.3) is 0 Å². The maximum absolute atomic E-state index is 5.27. The summed E-state index contributed by atoms with van der Waals surface area (Å²) in [7, 11) is 0. The Labute approximate surface area is 104 Å². The third kappa shape index (κ3) is 2.74. The van der Waals surface area contributed by atoms with Crippen molar-refractivity contribution in [3.63, 3.8) is 0 Å². The fourth-order valence-corrected chi connectivity index (χ4v) is 4.45. The Kier molecular flexibility index (Phi) is 4.20. The van der Waals surface area contributed by atoms with Crippen molar-refractivity contribution in [2.75, 3.05) is 19.8 Å². The van der Waals surface area contributed by atoms with Crippen LogP contribution < -0.4 is 5.32 Å². The molecule has 1 N–H and O–H groups in total. The summed E-state index contributed by atoms with van der Waals surface area (Å²) in [6.45, 7) is 10.2. The van der Waals surface area contributed by atoms with E-state index in [0.29, 0.717) is 11.5 Å². The van der Waals surface area contributed by atoms with Gasteiger partial charge in [0.2, 0.25) is 0 Å². The van der Waals surface area contributed by atoms with Crippen molar-refractivity contribution >= 4 is 11.8 Å². The van der Waals surface area contributed by atoms with Gasteiger partial charge in [0.1, 0.15) is 0 Å². The highest BCUT2D eigenvalue weighted by Gasteiger charge is 2.43. The first-order valence-corrected chi connectivity index (χ1v) is 7.54. The summed E-state index contributed by atoms with van der Waals surface area (Å²) in [6.07, 6.45) is 3.96. The number of hydrogen-bond donors (Lipinski definition) is 1. The Morgan fingerprint density at radius 2 is 2.12 bits per heavy atom. The van der Waals surface area contributed by atoms with Crippen LogP contribution in [-0.4, -0.2) is 36.3 Å². The van der Waals surface area contributed by atoms with Gasteiger partial charge in [-0.2, -0.15) is 0 Å². The second-order valence-corrected chi connectivity index (χ2v) is 7.34. The summed E-state index contributed by atoms with van der Waals surface area (Å²) in [5.74, 6) is 0. The fraction of sp³-hybridized carbons (Fsp3) is 1.00. The van der Waals surface area contributed by atoms with Gasteiger partial charge in [-0.05, 0) is 31.2 Å². The van der Waals surface area contributed by atoms with Gasteiger partial charge in [0.15, 0.2) is 0 Å². The molecule has 1 heterocycles. The molecule has 2 rings (SSSR count). The number of hydrogen-bond acceptors (Lipinski definition) is 3. The molecule has 94 valence electrons. The van der Waals surface area contributed by atoms with E-state index < -0.39 is 0 Å². The predicted octanol–water partition coefficient (Wildman–Crippen LogP) is 2.68. The van der Waals surface area contributed by atoms with E-state index in [4.69, 9.17) is 4.74 Å². The number of rotatable bonds is 5. The molecule has 2 aliphatic rings. The molecule has 0 aromatic rings. The summed E-state index contributed by atoms with van der Waals surface area (Å²) < 4.78 is 5.27. The van der Waals surface area contributed by atoms with Crippen LogP contribution in [-0.2, 0) is 4.74 Å². The average Bonchev–Trinajstić information content (AvgIpc) is 2.45. The van der Waals surface area contributed by atoms with E-state index in [-0.39, 0.29) is 0 Å². The molecule has 0 aromatic heterocycles. The van der Waals surface area contributed by atoms with Crippen LogP contribution in [0, 0.1) is 5.41 Å². The van der Waals surface area contributed by atoms with Crippen LogP contribution in [0.15, 0.2) is 0 Å². The summed E-state index contributed by atoms with van der Waals surface area (Å²) in [6, 6.07) is 0.693. The quantitative estimate of drug-likeness (QED) is 0.802. The van der Waals surface area contributed by atoms with Gasteiger partial charge in [0.25, 0.3) is 0 Å². The Morgan fingerprint density at radius 3 is 2.69 bits per heavy atom. The highest BCUT2D eigenvalue weighted by atomic mass is 32.2. The lowest BCUT2D eigenvalue weighted by molar-refractivity contribution is 0.0452. The maximum Gasteiger partial charge on any atom is 0.0608 e. The second-order valence-electron chi connectivity index (χ2n) is 5.79. The van der Waals surface area contributed by atoms with Crippen molar-refractivity contribution in [3.8, 4) is 0 Å². The van der Waals surface area contributed by atoms with Gasteiger partial charge < -0.3 is 10.1 Å². The van der Waals surface area contributed by atoms with Gasteiger partial charge in [0, 0.05) is 11.3 Å². The Bertz CT molecular complexity index is 228. The van der Waals surface area contributed by atoms with Crippen LogP contribution in [0.5, 0.6) is 0 Å². The van der Waals surface area contributed by atoms with E-state index in [9.17, 15) is 0 Å². The number of ether oxygens (including phenoxy) is 1. The van der Waals surface area contributed by atoms with E-state index >= 15 is 0 Å². The monoisotopic (exact) mass is 243 g/mol. The Hall–Kier alpha value is 0.270. The van der Waals surface area contributed by atoms with Gasteiger partial charge in [-0.15, -0.1) is 11.8 Å². The molecular formula is C13H25NOS. The molecule has 2 fully saturated rings. The second kappa shape index (κ2) is 5.28. The van der Waals surface area contributed by atoms with Gasteiger partial charge in [0.05, 0.1) is 18.5 Å². The molecule has 0 bridgehead atoms. The first-order valence-electron chi connectivity index (χ1n) is 6.60. The van der Waals surface area contributed by atoms with Gasteiger partial charge in [-0.25, -0.2) is 0 Å². The Morgan fingerprint density at radius 1 is 1.38 bits per heavy atom. The van der Waals surface area contributed by atoms with Crippen molar-refractivity contribution in [3.05, 3.63) is 0 Å². The smallest absolute Gasteiger partial charge is 0.0608 e. The topological polar surface area (TPSA) is 21.3 Å². The normalized spacial score (nSPS) is 33.9. The summed E-state index contributed by atoms with van der Waals surface area (Å²) in [4.78, 5) is 0. The predicted molar refractivity (Wildman–Crippen MR) is 71.1 cm³/mol. The van der Waals surface area contributed by atoms with Crippen LogP contribution in [0.3, 0.4) is 0 Å². The molecule has 1 saturated carbocycles. The highest BCUT2D eigenvalue weighted by molar-refractivity contribution is 8.00. The van der Waals surface area contributed by atoms with E-state index in [1.54, 1.807) is 0 Å². The fourth-order valence-electron chi connectivity index (χ4n) is 2.73. The molecule has 0 radical (unpaired) electrons. The summed E-state index contributed by atoms with van der Waals surface area (Å²) in [5.41, 5.74) is 0.470. The third-order valence-electron chi connectivity index (χ3n) is 3.88. The summed E-state index contributed by atoms with van der Waals surface area (Å²) in [5, 5.41) is 5.33. The molecule has 2 unspecified atom stereocenters. The molecule has 2 nitrogen and oxygen atoms in total. The summed E-state index contributed by atoms with van der Waals surface area (Å²) >= 11 is 2.17. The van der Waals surface area contributed by atoms with Crippen LogP contribution in [0.2, 0.25) is 0 Å². The molecule has 0 spiro atoms. The van der Waals surface area contributed by atoms with Gasteiger partial charge in [-0.3, -0.25) is 0 Å². The van der Waals surface area contributed by atoms with Crippen molar-refractivity contribution in [2.45, 2.75) is 56.6 Å². The van der Waals surface area contributed by atoms with Crippen molar-refractivity contribution in [2.24, 2.45) is 5.41 Å². The lowest BCUT2D eigenvalue weighted by Gasteiger charge is -2.35. The zero-order valence-corrected chi connectivity index (χ0v) is 11.6. The number of nitrogens with one attached hydrogen (secondary N) is 1. The molecule has 2 atom stereocenters. The minimum atomic E-state index is 0.470. The molecule has 0 aromatic carbocycles. The lowest BCUT2D eigenvalue weighted by atomic mass is 9.87. The molecule has 1 aliphatic carbocycles. The van der Waals surface area contributed by atoms with Gasteiger partial charge >= 0.3 is 0 Å². The first-order chi connectivity index (χ1) is 7.63. The van der Waals surface area contributed by atoms with E-state index in [1.807, 2.05) is 0 Å². The van der Waals surface area contributed by atoms with E-state index in [1.165, 1.54) is 19.3 Å². The molecule has 16 heavy (non-hydrogen) atoms. The van der Waals surface area contributed by atoms with Crippen molar-refractivity contribution < 1.29 is 4.74 Å². The van der Waals surface area contributed by atoms with Gasteiger partial charge in [-0.1, -0.05) is 20.8 Å². The highest BCUT2D eigenvalue weighted by Crippen LogP contribution is 2.44. The minimum Gasteiger partial charge on any atom is -0.379 e. The average molecular weight is 243 g/mol. The zero-order chi connectivity index (χ0) is 11.6. The molecule has 0 amide bonds. The van der Waals surface area contributed by atoms with Crippen LogP contribution >= 0.6 is 11.8 Å². The lowest BCUT2D eigenvalue weighted by Crippen LogP contribution is -2.45. The standard InChI is InChI=1S/C13H25NOS/c1-4-7-14-12-11(5-6-13(12,2)3)16-10-8-15-9-10/h10-12,14H,4-9H2,1-3H3. The molecule has 1 aliphatic heterocycles. The minimum absolute atomic E-state index is 0.470. The van der Waals surface area contributed by atoms with E-state index in [0.717, 1.165) is 30.3 Å². The van der Waals surface area contributed by atoms with Crippen LogP contribution in [0.4, 0.5) is 0 Å². The zero-order valence-electron chi connectivity index (χ0n) is 10.8. The molecule has 1 saturated heterocycles. The Balaban J connectivity index is 1.89. The van der Waals surface area contributed by atoms with Crippen molar-refractivity contribution in [1.82, 2.24) is 5.32 Å².